The van der Waals surface area contributed by atoms with Crippen LogP contribution in [-0.4, -0.2) is 64.5 Å². The van der Waals surface area contributed by atoms with Gasteiger partial charge in [-0.2, -0.15) is 0 Å². The van der Waals surface area contributed by atoms with Crippen molar-refractivity contribution < 1.29 is 40.8 Å². The topological polar surface area (TPSA) is 110 Å². The van der Waals surface area contributed by atoms with Crippen molar-refractivity contribution in [2.24, 2.45) is 0 Å². The average Bonchev–Trinajstić information content (AvgIpc) is 3.54. The number of hydrogen-bond acceptors (Lipinski definition) is 8. The number of ether oxygens (including phenoxy) is 5. The zero-order valence-corrected chi connectivity index (χ0v) is 33.2. The van der Waals surface area contributed by atoms with Crippen molar-refractivity contribution in [3.63, 3.8) is 0 Å². The van der Waals surface area contributed by atoms with E-state index in [0.717, 1.165) is 33.1 Å². The SMILES string of the molecule is O=S(=O)(O)OC(COCc1ccccc1)C(C[Se+]1CC(OCc2ccccc2)C(OCc2ccccc2)C1COCc1ccccc1)OCc1ccccc1. The standard InChI is InChI=1S/C44H48O9SSe/c45-54(46,47)53-40(31-48-26-35-16-6-1-7-17-35)41(50-28-37-20-10-3-11-21-37)33-55-34-42(51-29-38-22-12-4-13-23-38)44(52-30-39-24-14-5-15-25-39)43(55)32-49-27-36-18-8-2-9-19-36/h1-25,40-44H,26-34H2/p+1. The van der Waals surface area contributed by atoms with Crippen LogP contribution in [-0.2, 0) is 71.3 Å². The molecule has 5 aromatic rings. The molecule has 0 aromatic heterocycles. The molecule has 1 aliphatic heterocycles. The molecule has 0 radical (unpaired) electrons. The molecule has 0 amide bonds. The van der Waals surface area contributed by atoms with E-state index in [-0.39, 0.29) is 36.8 Å². The minimum atomic E-state index is -4.86. The zero-order chi connectivity index (χ0) is 38.1. The van der Waals surface area contributed by atoms with Crippen LogP contribution < -0.4 is 0 Å². The summed E-state index contributed by atoms with van der Waals surface area (Å²) in [6.07, 6.45) is -2.41. The summed E-state index contributed by atoms with van der Waals surface area (Å²) in [5.74, 6) is 0. The maximum atomic E-state index is 12.3. The predicted octanol–water partition coefficient (Wildman–Crippen LogP) is 8.24. The molecule has 1 saturated heterocycles. The van der Waals surface area contributed by atoms with Crippen molar-refractivity contribution >= 4 is 24.3 Å². The summed E-state index contributed by atoms with van der Waals surface area (Å²) in [6, 6.07) is 49.5. The van der Waals surface area contributed by atoms with Gasteiger partial charge in [0.1, 0.15) is 0 Å². The first-order chi connectivity index (χ1) is 26.9. The third-order valence-corrected chi connectivity index (χ3v) is 15.6. The monoisotopic (exact) mass is 833 g/mol. The van der Waals surface area contributed by atoms with Gasteiger partial charge in [-0.15, -0.1) is 0 Å². The van der Waals surface area contributed by atoms with Crippen molar-refractivity contribution in [3.8, 4) is 0 Å². The van der Waals surface area contributed by atoms with Crippen LogP contribution in [0.5, 0.6) is 0 Å². The van der Waals surface area contributed by atoms with Crippen LogP contribution in [0, 0.1) is 0 Å². The Labute approximate surface area is 329 Å². The van der Waals surface area contributed by atoms with Crippen LogP contribution in [0.4, 0.5) is 0 Å². The van der Waals surface area contributed by atoms with Crippen molar-refractivity contribution in [1.82, 2.24) is 0 Å². The molecule has 1 heterocycles. The van der Waals surface area contributed by atoms with Crippen molar-refractivity contribution in [1.29, 1.82) is 0 Å². The van der Waals surface area contributed by atoms with Crippen LogP contribution >= 0.6 is 0 Å². The third kappa shape index (κ3) is 13.8. The molecule has 1 fully saturated rings. The van der Waals surface area contributed by atoms with Gasteiger partial charge >= 0.3 is 331 Å². The van der Waals surface area contributed by atoms with E-state index in [4.69, 9.17) is 27.9 Å². The Kier molecular flexibility index (Phi) is 16.0. The number of rotatable bonds is 22. The van der Waals surface area contributed by atoms with Gasteiger partial charge in [0.15, 0.2) is 0 Å². The summed E-state index contributed by atoms with van der Waals surface area (Å²) < 4.78 is 72.7. The molecular formula is C44H49O9SSe+. The normalized spacial score (nSPS) is 19.6. The summed E-state index contributed by atoms with van der Waals surface area (Å²) in [5, 5.41) is 1.21. The Morgan fingerprint density at radius 1 is 0.564 bits per heavy atom. The van der Waals surface area contributed by atoms with E-state index in [2.05, 4.69) is 0 Å². The van der Waals surface area contributed by atoms with Gasteiger partial charge in [0.05, 0.1) is 0 Å². The van der Waals surface area contributed by atoms with E-state index in [9.17, 15) is 13.0 Å². The quantitative estimate of drug-likeness (QED) is 0.0545. The van der Waals surface area contributed by atoms with E-state index < -0.39 is 36.5 Å². The Hall–Kier alpha value is -3.71. The number of hydrogen-bond donors (Lipinski definition) is 1. The molecule has 6 atom stereocenters. The Morgan fingerprint density at radius 3 is 1.49 bits per heavy atom. The van der Waals surface area contributed by atoms with Gasteiger partial charge < -0.3 is 0 Å². The molecule has 5 aromatic carbocycles. The molecule has 0 bridgehead atoms. The fraction of sp³-hybridized carbons (Fsp3) is 0.318. The number of benzene rings is 5. The Balaban J connectivity index is 1.28. The third-order valence-electron chi connectivity index (χ3n) is 9.26. The second kappa shape index (κ2) is 21.6. The maximum absolute atomic E-state index is 12.3. The van der Waals surface area contributed by atoms with E-state index in [1.165, 1.54) is 0 Å². The second-order valence-electron chi connectivity index (χ2n) is 13.4. The molecule has 290 valence electrons. The first kappa shape index (κ1) is 40.9. The van der Waals surface area contributed by atoms with Crippen LogP contribution in [0.2, 0.25) is 15.5 Å². The van der Waals surface area contributed by atoms with E-state index in [0.29, 0.717) is 31.7 Å². The Morgan fingerprint density at radius 2 is 1.00 bits per heavy atom. The van der Waals surface area contributed by atoms with E-state index >= 15 is 0 Å². The second-order valence-corrected chi connectivity index (χ2v) is 19.4. The molecule has 11 heteroatoms. The van der Waals surface area contributed by atoms with Gasteiger partial charge in [-0.3, -0.25) is 0 Å². The van der Waals surface area contributed by atoms with Crippen LogP contribution in [0.25, 0.3) is 0 Å². The Bertz CT molecular complexity index is 1910. The van der Waals surface area contributed by atoms with Gasteiger partial charge in [-0.25, -0.2) is 0 Å². The molecule has 1 N–H and O–H groups in total. The zero-order valence-electron chi connectivity index (χ0n) is 30.7. The predicted molar refractivity (Wildman–Crippen MR) is 213 cm³/mol. The summed E-state index contributed by atoms with van der Waals surface area (Å²) in [4.78, 5) is -0.0346. The fourth-order valence-corrected chi connectivity index (χ4v) is 13.3. The van der Waals surface area contributed by atoms with Gasteiger partial charge in [0, 0.05) is 0 Å². The van der Waals surface area contributed by atoms with Gasteiger partial charge in [0.25, 0.3) is 0 Å². The molecule has 6 unspecified atom stereocenters. The molecular weight excluding hydrogens is 784 g/mol. The van der Waals surface area contributed by atoms with Crippen LogP contribution in [0.1, 0.15) is 27.8 Å². The van der Waals surface area contributed by atoms with E-state index in [1.54, 1.807) is 0 Å². The summed E-state index contributed by atoms with van der Waals surface area (Å²) in [6.45, 7) is 2.01. The van der Waals surface area contributed by atoms with Gasteiger partial charge in [-0.05, 0) is 0 Å². The molecule has 0 saturated carbocycles. The molecule has 0 spiro atoms. The fourth-order valence-electron chi connectivity index (χ4n) is 6.48. The summed E-state index contributed by atoms with van der Waals surface area (Å²) >= 11 is -1.81. The molecule has 6 rings (SSSR count). The van der Waals surface area contributed by atoms with E-state index in [1.807, 2.05) is 152 Å². The van der Waals surface area contributed by atoms with Gasteiger partial charge in [-0.1, -0.05) is 0 Å². The average molecular weight is 833 g/mol. The molecule has 55 heavy (non-hydrogen) atoms. The first-order valence-corrected chi connectivity index (χ1v) is 23.2. The summed E-state index contributed by atoms with van der Waals surface area (Å²) in [7, 11) is -4.86. The van der Waals surface area contributed by atoms with Crippen molar-refractivity contribution in [2.45, 2.75) is 72.9 Å². The van der Waals surface area contributed by atoms with Crippen LogP contribution in [0.3, 0.4) is 0 Å². The van der Waals surface area contributed by atoms with Crippen molar-refractivity contribution in [2.75, 3.05) is 13.2 Å². The van der Waals surface area contributed by atoms with Gasteiger partial charge in [0.2, 0.25) is 0 Å². The van der Waals surface area contributed by atoms with Crippen LogP contribution in [0.15, 0.2) is 152 Å². The first-order valence-electron chi connectivity index (χ1n) is 18.4. The minimum absolute atomic E-state index is 0.0346. The summed E-state index contributed by atoms with van der Waals surface area (Å²) in [5.41, 5.74) is 5.03. The molecule has 1 aliphatic rings. The molecule has 9 nitrogen and oxygen atoms in total. The molecule has 0 aliphatic carbocycles. The van der Waals surface area contributed by atoms with Crippen molar-refractivity contribution in [3.05, 3.63) is 179 Å².